The Bertz CT molecular complexity index is 609. The van der Waals surface area contributed by atoms with Crippen LogP contribution in [-0.4, -0.2) is 15.7 Å². The molecule has 1 aromatic carbocycles. The van der Waals surface area contributed by atoms with Gasteiger partial charge in [-0.3, -0.25) is 0 Å². The van der Waals surface area contributed by atoms with Crippen LogP contribution in [-0.2, 0) is 0 Å². The molecule has 3 rings (SSSR count). The van der Waals surface area contributed by atoms with Crippen molar-refractivity contribution in [3.05, 3.63) is 41.7 Å². The largest absolute Gasteiger partial charge is 0.308 e. The number of hydrogen-bond donors (Lipinski definition) is 2. The fraction of sp³-hybridized carbons (Fsp3) is 0.375. The van der Waals surface area contributed by atoms with Crippen LogP contribution in [0.25, 0.3) is 11.3 Å². The molecular weight excluding hydrogens is 280 g/mol. The summed E-state index contributed by atoms with van der Waals surface area (Å²) in [6.45, 7) is 2.01. The van der Waals surface area contributed by atoms with Crippen molar-refractivity contribution in [3.63, 3.8) is 0 Å². The molecule has 1 aliphatic heterocycles. The highest BCUT2D eigenvalue weighted by Crippen LogP contribution is 2.38. The van der Waals surface area contributed by atoms with Gasteiger partial charge in [0.2, 0.25) is 0 Å². The zero-order chi connectivity index (χ0) is 14.7. The summed E-state index contributed by atoms with van der Waals surface area (Å²) in [5.41, 5.74) is 5.80. The van der Waals surface area contributed by atoms with Gasteiger partial charge in [-0.05, 0) is 25.5 Å². The molecule has 1 atom stereocenters. The maximum atomic E-state index is 5.65. The Morgan fingerprint density at radius 2 is 2.00 bits per heavy atom. The lowest BCUT2D eigenvalue weighted by Gasteiger charge is -2.22. The third kappa shape index (κ3) is 3.04. The summed E-state index contributed by atoms with van der Waals surface area (Å²) in [6, 6.07) is 10.2. The van der Waals surface area contributed by atoms with Crippen LogP contribution in [0.3, 0.4) is 0 Å². The molecule has 110 valence electrons. The van der Waals surface area contributed by atoms with E-state index in [9.17, 15) is 0 Å². The minimum Gasteiger partial charge on any atom is -0.308 e. The van der Waals surface area contributed by atoms with Gasteiger partial charge in [-0.25, -0.2) is 15.8 Å². The summed E-state index contributed by atoms with van der Waals surface area (Å²) < 4.78 is 0. The average Bonchev–Trinajstić information content (AvgIpc) is 2.56. The molecule has 21 heavy (non-hydrogen) atoms. The Hall–Kier alpha value is -1.59. The Morgan fingerprint density at radius 3 is 2.67 bits per heavy atom. The molecule has 0 bridgehead atoms. The second-order valence-electron chi connectivity index (χ2n) is 5.27. The summed E-state index contributed by atoms with van der Waals surface area (Å²) in [6.07, 6.45) is 3.69. The second-order valence-corrected chi connectivity index (χ2v) is 6.58. The molecule has 5 heteroatoms. The predicted molar refractivity (Wildman–Crippen MR) is 89.1 cm³/mol. The smallest absolute Gasteiger partial charge is 0.147 e. The molecule has 1 fully saturated rings. The lowest BCUT2D eigenvalue weighted by molar-refractivity contribution is 0.662. The number of aromatic nitrogens is 2. The predicted octanol–water partition coefficient (Wildman–Crippen LogP) is 3.70. The summed E-state index contributed by atoms with van der Waals surface area (Å²) in [5.74, 6) is 8.46. The van der Waals surface area contributed by atoms with Crippen LogP contribution >= 0.6 is 11.8 Å². The van der Waals surface area contributed by atoms with Crippen LogP contribution in [0.15, 0.2) is 30.3 Å². The van der Waals surface area contributed by atoms with Gasteiger partial charge in [-0.15, -0.1) is 0 Å². The average molecular weight is 300 g/mol. The first kappa shape index (κ1) is 14.4. The van der Waals surface area contributed by atoms with Gasteiger partial charge in [-0.2, -0.15) is 11.8 Å². The monoisotopic (exact) mass is 300 g/mol. The quantitative estimate of drug-likeness (QED) is 0.668. The van der Waals surface area contributed by atoms with Crippen LogP contribution in [0.2, 0.25) is 0 Å². The standard InChI is InChI=1S/C16H20N4S/c1-11-14(12-7-3-2-4-8-12)18-16(19-15(11)20-17)13-9-5-6-10-21-13/h2-4,7-8,13H,5-6,9-10,17H2,1H3,(H,18,19,20). The fourth-order valence-corrected chi connectivity index (χ4v) is 3.88. The molecule has 1 aliphatic rings. The van der Waals surface area contributed by atoms with Gasteiger partial charge in [0.05, 0.1) is 10.9 Å². The molecular formula is C16H20N4S. The summed E-state index contributed by atoms with van der Waals surface area (Å²) in [4.78, 5) is 9.48. The van der Waals surface area contributed by atoms with Crippen LogP contribution < -0.4 is 11.3 Å². The van der Waals surface area contributed by atoms with E-state index in [4.69, 9.17) is 10.8 Å². The number of hydrazine groups is 1. The van der Waals surface area contributed by atoms with Gasteiger partial charge in [0.15, 0.2) is 0 Å². The Kier molecular flexibility index (Phi) is 4.41. The molecule has 1 saturated heterocycles. The van der Waals surface area contributed by atoms with Crippen LogP contribution in [0.4, 0.5) is 5.82 Å². The zero-order valence-electron chi connectivity index (χ0n) is 12.2. The lowest BCUT2D eigenvalue weighted by atomic mass is 10.1. The van der Waals surface area contributed by atoms with Gasteiger partial charge in [0.25, 0.3) is 0 Å². The Morgan fingerprint density at radius 1 is 1.19 bits per heavy atom. The lowest BCUT2D eigenvalue weighted by Crippen LogP contribution is -2.15. The molecule has 1 aromatic heterocycles. The summed E-state index contributed by atoms with van der Waals surface area (Å²) in [5, 5.41) is 0.383. The number of rotatable bonds is 3. The maximum absolute atomic E-state index is 5.65. The molecule has 1 unspecified atom stereocenters. The van der Waals surface area contributed by atoms with Gasteiger partial charge in [0.1, 0.15) is 11.6 Å². The third-order valence-corrected chi connectivity index (χ3v) is 5.19. The molecule has 0 radical (unpaired) electrons. The van der Waals surface area contributed by atoms with Gasteiger partial charge in [0, 0.05) is 11.1 Å². The summed E-state index contributed by atoms with van der Waals surface area (Å²) in [7, 11) is 0. The van der Waals surface area contributed by atoms with E-state index in [0.717, 1.165) is 34.9 Å². The van der Waals surface area contributed by atoms with E-state index in [0.29, 0.717) is 5.25 Å². The molecule has 0 saturated carbocycles. The zero-order valence-corrected chi connectivity index (χ0v) is 13.0. The number of benzene rings is 1. The topological polar surface area (TPSA) is 63.8 Å². The fourth-order valence-electron chi connectivity index (χ4n) is 2.64. The van der Waals surface area contributed by atoms with E-state index < -0.39 is 0 Å². The normalized spacial score (nSPS) is 18.5. The van der Waals surface area contributed by atoms with E-state index in [2.05, 4.69) is 22.5 Å². The van der Waals surface area contributed by atoms with Crippen molar-refractivity contribution in [2.45, 2.75) is 31.4 Å². The van der Waals surface area contributed by atoms with Crippen molar-refractivity contribution in [1.29, 1.82) is 0 Å². The van der Waals surface area contributed by atoms with E-state index in [-0.39, 0.29) is 0 Å². The minimum absolute atomic E-state index is 0.383. The van der Waals surface area contributed by atoms with Gasteiger partial charge in [-0.1, -0.05) is 36.8 Å². The number of anilines is 1. The van der Waals surface area contributed by atoms with Crippen LogP contribution in [0, 0.1) is 6.92 Å². The van der Waals surface area contributed by atoms with Crippen LogP contribution in [0.1, 0.15) is 35.9 Å². The van der Waals surface area contributed by atoms with Gasteiger partial charge < -0.3 is 5.43 Å². The van der Waals surface area contributed by atoms with Gasteiger partial charge >= 0.3 is 0 Å². The highest BCUT2D eigenvalue weighted by Gasteiger charge is 2.21. The molecule has 0 aliphatic carbocycles. The minimum atomic E-state index is 0.383. The first-order valence-corrected chi connectivity index (χ1v) is 8.36. The number of nitrogens with one attached hydrogen (secondary N) is 1. The first-order chi connectivity index (χ1) is 10.3. The molecule has 0 spiro atoms. The van der Waals surface area contributed by atoms with Crippen molar-refractivity contribution >= 4 is 17.6 Å². The SMILES string of the molecule is Cc1c(NN)nc(C2CCCCS2)nc1-c1ccccc1. The molecule has 2 heterocycles. The van der Waals surface area contributed by atoms with Crippen molar-refractivity contribution in [2.75, 3.05) is 11.2 Å². The number of thioether (sulfide) groups is 1. The van der Waals surface area contributed by atoms with E-state index in [1.807, 2.05) is 36.9 Å². The van der Waals surface area contributed by atoms with Crippen molar-refractivity contribution in [3.8, 4) is 11.3 Å². The highest BCUT2D eigenvalue weighted by molar-refractivity contribution is 7.99. The number of hydrogen-bond acceptors (Lipinski definition) is 5. The molecule has 2 aromatic rings. The number of nitrogens with zero attached hydrogens (tertiary/aromatic N) is 2. The molecule has 3 N–H and O–H groups in total. The van der Waals surface area contributed by atoms with E-state index in [1.165, 1.54) is 18.6 Å². The number of nitrogen functional groups attached to an aromatic ring is 1. The van der Waals surface area contributed by atoms with Crippen LogP contribution in [0.5, 0.6) is 0 Å². The Labute approximate surface area is 129 Å². The van der Waals surface area contributed by atoms with Crippen molar-refractivity contribution < 1.29 is 0 Å². The van der Waals surface area contributed by atoms with E-state index >= 15 is 0 Å². The number of nitrogens with two attached hydrogens (primary N) is 1. The first-order valence-electron chi connectivity index (χ1n) is 7.32. The summed E-state index contributed by atoms with van der Waals surface area (Å²) >= 11 is 1.95. The Balaban J connectivity index is 2.06. The molecule has 0 amide bonds. The van der Waals surface area contributed by atoms with E-state index in [1.54, 1.807) is 0 Å². The molecule has 4 nitrogen and oxygen atoms in total. The maximum Gasteiger partial charge on any atom is 0.147 e. The second kappa shape index (κ2) is 6.45. The van der Waals surface area contributed by atoms with Crippen molar-refractivity contribution in [2.24, 2.45) is 5.84 Å². The van der Waals surface area contributed by atoms with Crippen molar-refractivity contribution in [1.82, 2.24) is 9.97 Å². The third-order valence-electron chi connectivity index (χ3n) is 3.81. The highest BCUT2D eigenvalue weighted by atomic mass is 32.2.